The van der Waals surface area contributed by atoms with Crippen LogP contribution in [0.4, 0.5) is 10.5 Å². The van der Waals surface area contributed by atoms with Crippen LogP contribution < -0.4 is 16.7 Å². The molecule has 0 radical (unpaired) electrons. The van der Waals surface area contributed by atoms with Crippen molar-refractivity contribution in [2.75, 3.05) is 12.1 Å². The second-order valence-corrected chi connectivity index (χ2v) is 7.44. The molecule has 0 unspecified atom stereocenters. The number of para-hydroxylation sites is 1. The Bertz CT molecular complexity index is 1140. The van der Waals surface area contributed by atoms with Gasteiger partial charge in [0.05, 0.1) is 11.2 Å². The van der Waals surface area contributed by atoms with Crippen molar-refractivity contribution in [3.8, 4) is 0 Å². The number of fused-ring (bicyclic) bond motifs is 1. The molecule has 0 saturated heterocycles. The van der Waals surface area contributed by atoms with Crippen LogP contribution in [0.5, 0.6) is 0 Å². The second-order valence-electron chi connectivity index (χ2n) is 7.44. The van der Waals surface area contributed by atoms with Crippen LogP contribution in [0.2, 0.25) is 0 Å². The van der Waals surface area contributed by atoms with Gasteiger partial charge in [0.2, 0.25) is 0 Å². The van der Waals surface area contributed by atoms with E-state index < -0.39 is 6.03 Å². The normalized spacial score (nSPS) is 10.1. The maximum atomic E-state index is 11.8. The fourth-order valence-electron chi connectivity index (χ4n) is 2.91. The number of nitrogens with two attached hydrogens (primary N) is 2. The van der Waals surface area contributed by atoms with Crippen LogP contribution in [0, 0.1) is 17.7 Å². The van der Waals surface area contributed by atoms with Gasteiger partial charge < -0.3 is 10.1 Å². The molecule has 2 amide bonds. The smallest absolute Gasteiger partial charge is 0.352 e. The summed E-state index contributed by atoms with van der Waals surface area (Å²) in [7, 11) is 1.42. The summed E-state index contributed by atoms with van der Waals surface area (Å²) in [6.45, 7) is 5.68. The highest BCUT2D eigenvalue weighted by Gasteiger charge is 2.19. The second kappa shape index (κ2) is 11.7. The minimum atomic E-state index is -0.539. The lowest BCUT2D eigenvalue weighted by Crippen LogP contribution is -2.49. The lowest BCUT2D eigenvalue weighted by Gasteiger charge is -2.24. The van der Waals surface area contributed by atoms with E-state index >= 15 is 0 Å². The quantitative estimate of drug-likeness (QED) is 0.152. The Morgan fingerprint density at radius 1 is 1.12 bits per heavy atom. The number of rotatable bonds is 5. The molecular formula is C24H31N7O2. The number of pyridine rings is 1. The summed E-state index contributed by atoms with van der Waals surface area (Å²) in [5, 5.41) is 18.0. The number of urea groups is 1. The van der Waals surface area contributed by atoms with Crippen LogP contribution in [-0.4, -0.2) is 34.7 Å². The van der Waals surface area contributed by atoms with Crippen LogP contribution in [0.1, 0.15) is 37.0 Å². The van der Waals surface area contributed by atoms with Crippen molar-refractivity contribution in [1.29, 1.82) is 10.8 Å². The molecule has 9 heteroatoms. The number of carbonyl (C=O) groups excluding carboxylic acids is 1. The topological polar surface area (TPSA) is 145 Å². The summed E-state index contributed by atoms with van der Waals surface area (Å²) in [5.74, 6) is 11.4. The monoisotopic (exact) mass is 449 g/mol. The summed E-state index contributed by atoms with van der Waals surface area (Å²) in [6.07, 6.45) is 2.25. The maximum absolute atomic E-state index is 11.8. The molecule has 0 fully saturated rings. The Balaban J connectivity index is 0.000000254. The molecule has 6 N–H and O–H groups in total. The number of hydrogen-bond donors (Lipinski definition) is 4. The largest absolute Gasteiger partial charge is 0.476 e. The number of ether oxygens (including phenoxy) is 1. The average Bonchev–Trinajstić information content (AvgIpc) is 2.81. The van der Waals surface area contributed by atoms with Gasteiger partial charge in [-0.15, -0.1) is 0 Å². The molecule has 33 heavy (non-hydrogen) atoms. The number of hydrazine groups is 2. The van der Waals surface area contributed by atoms with Crippen molar-refractivity contribution in [2.24, 2.45) is 11.7 Å². The van der Waals surface area contributed by atoms with Gasteiger partial charge in [-0.1, -0.05) is 37.3 Å². The van der Waals surface area contributed by atoms with Crippen LogP contribution in [0.25, 0.3) is 10.9 Å². The molecule has 3 rings (SSSR count). The molecule has 0 bridgehead atoms. The van der Waals surface area contributed by atoms with Gasteiger partial charge in [0, 0.05) is 41.9 Å². The number of aryl methyl sites for hydroxylation is 1. The molecule has 3 aromatic rings. The predicted octanol–water partition coefficient (Wildman–Crippen LogP) is 4.13. The molecule has 1 heterocycles. The Hall–Kier alpha value is -3.82. The zero-order chi connectivity index (χ0) is 24.5. The van der Waals surface area contributed by atoms with E-state index in [0.717, 1.165) is 37.6 Å². The van der Waals surface area contributed by atoms with E-state index in [4.69, 9.17) is 27.2 Å². The Morgan fingerprint density at radius 3 is 2.45 bits per heavy atom. The van der Waals surface area contributed by atoms with Gasteiger partial charge in [0.25, 0.3) is 0 Å². The Labute approximate surface area is 193 Å². The van der Waals surface area contributed by atoms with Crippen LogP contribution in [-0.2, 0) is 11.3 Å². The number of hydrogen-bond acceptors (Lipinski definition) is 7. The van der Waals surface area contributed by atoms with E-state index in [-0.39, 0.29) is 12.5 Å². The van der Waals surface area contributed by atoms with Crippen molar-refractivity contribution >= 4 is 34.2 Å². The first-order valence-electron chi connectivity index (χ1n) is 10.4. The van der Waals surface area contributed by atoms with Crippen LogP contribution in [0.3, 0.4) is 0 Å². The van der Waals surface area contributed by atoms with Gasteiger partial charge in [-0.05, 0) is 37.6 Å². The number of anilines is 1. The van der Waals surface area contributed by atoms with Gasteiger partial charge in [-0.25, -0.2) is 21.5 Å². The highest BCUT2D eigenvalue weighted by atomic mass is 16.5. The molecule has 0 saturated carbocycles. The predicted molar refractivity (Wildman–Crippen MR) is 132 cm³/mol. The SMILES string of the molecule is CC(=N)c1cnc2ccccc2c1.CCC(=N)OCc1c(C)cccc1N(N)C(=O)N(C)N. The van der Waals surface area contributed by atoms with Gasteiger partial charge >= 0.3 is 6.03 Å². The minimum absolute atomic E-state index is 0.184. The zero-order valence-electron chi connectivity index (χ0n) is 19.4. The molecule has 2 aromatic carbocycles. The van der Waals surface area contributed by atoms with Gasteiger partial charge in [-0.2, -0.15) is 0 Å². The number of nitrogens with zero attached hydrogens (tertiary/aromatic N) is 3. The van der Waals surface area contributed by atoms with Gasteiger partial charge in [0.15, 0.2) is 5.90 Å². The van der Waals surface area contributed by atoms with Crippen LogP contribution in [0.15, 0.2) is 54.7 Å². The summed E-state index contributed by atoms with van der Waals surface area (Å²) < 4.78 is 5.33. The Morgan fingerprint density at radius 2 is 1.82 bits per heavy atom. The fourth-order valence-corrected chi connectivity index (χ4v) is 2.91. The zero-order valence-corrected chi connectivity index (χ0v) is 19.4. The third-order valence-electron chi connectivity index (χ3n) is 4.89. The molecule has 0 aliphatic carbocycles. The van der Waals surface area contributed by atoms with E-state index in [1.165, 1.54) is 7.05 Å². The van der Waals surface area contributed by atoms with Gasteiger partial charge in [-0.3, -0.25) is 15.4 Å². The van der Waals surface area contributed by atoms with E-state index in [1.54, 1.807) is 25.3 Å². The molecule has 0 aliphatic rings. The number of aromatic nitrogens is 1. The van der Waals surface area contributed by atoms with Crippen molar-refractivity contribution in [3.63, 3.8) is 0 Å². The molecular weight excluding hydrogens is 418 g/mol. The van der Waals surface area contributed by atoms with E-state index in [9.17, 15) is 4.79 Å². The molecule has 9 nitrogen and oxygen atoms in total. The molecule has 0 spiro atoms. The highest BCUT2D eigenvalue weighted by molar-refractivity contribution is 5.98. The first-order chi connectivity index (χ1) is 15.6. The number of amides is 2. The lowest BCUT2D eigenvalue weighted by molar-refractivity contribution is 0.216. The summed E-state index contributed by atoms with van der Waals surface area (Å²) in [6, 6.07) is 14.8. The summed E-state index contributed by atoms with van der Waals surface area (Å²) in [5.41, 5.74) is 4.61. The minimum Gasteiger partial charge on any atom is -0.476 e. The van der Waals surface area contributed by atoms with E-state index in [0.29, 0.717) is 17.8 Å². The van der Waals surface area contributed by atoms with E-state index in [1.807, 2.05) is 50.2 Å². The van der Waals surface area contributed by atoms with Crippen molar-refractivity contribution < 1.29 is 9.53 Å². The molecule has 0 atom stereocenters. The standard InChI is InChI=1S/C13H21N5O2.C11H10N2/c1-4-12(14)20-8-10-9(2)6-5-7-11(10)18(16)13(19)17(3)15;1-8(12)10-6-9-4-2-3-5-11(9)13-7-10/h5-7,14H,4,8,15-16H2,1-3H3;2-7,12H,1H3. The maximum Gasteiger partial charge on any atom is 0.352 e. The third-order valence-corrected chi connectivity index (χ3v) is 4.89. The number of benzene rings is 2. The first kappa shape index (κ1) is 25.4. The molecule has 174 valence electrons. The fraction of sp³-hybridized carbons (Fsp3) is 0.250. The van der Waals surface area contributed by atoms with Crippen molar-refractivity contribution in [3.05, 3.63) is 71.4 Å². The Kier molecular flexibility index (Phi) is 9.02. The first-order valence-corrected chi connectivity index (χ1v) is 10.4. The molecule has 1 aromatic heterocycles. The lowest BCUT2D eigenvalue weighted by atomic mass is 10.1. The van der Waals surface area contributed by atoms with E-state index in [2.05, 4.69) is 4.98 Å². The number of nitrogens with one attached hydrogen (secondary N) is 2. The molecule has 0 aliphatic heterocycles. The summed E-state index contributed by atoms with van der Waals surface area (Å²) in [4.78, 5) is 16.1. The summed E-state index contributed by atoms with van der Waals surface area (Å²) >= 11 is 0. The van der Waals surface area contributed by atoms with Crippen molar-refractivity contribution in [1.82, 2.24) is 9.99 Å². The van der Waals surface area contributed by atoms with Crippen molar-refractivity contribution in [2.45, 2.75) is 33.8 Å². The van der Waals surface area contributed by atoms with Gasteiger partial charge in [0.1, 0.15) is 6.61 Å². The third kappa shape index (κ3) is 6.83. The highest BCUT2D eigenvalue weighted by Crippen LogP contribution is 2.23. The number of carbonyl (C=O) groups is 1. The van der Waals surface area contributed by atoms with Crippen LogP contribution >= 0.6 is 0 Å². The average molecular weight is 450 g/mol.